The molecule has 6 heteroatoms. The van der Waals surface area contributed by atoms with E-state index in [2.05, 4.69) is 15.9 Å². The monoisotopic (exact) mass is 269 g/mol. The van der Waals surface area contributed by atoms with Crippen LogP contribution in [0, 0.1) is 15.5 Å². The van der Waals surface area contributed by atoms with Gasteiger partial charge in [-0.3, -0.25) is 10.1 Å². The molecule has 0 aromatic rings. The summed E-state index contributed by atoms with van der Waals surface area (Å²) in [5.74, 6) is -3.26. The van der Waals surface area contributed by atoms with E-state index in [0.717, 1.165) is 0 Å². The average molecular weight is 270 g/mol. The first-order valence-electron chi connectivity index (χ1n) is 4.08. The maximum atomic E-state index is 13.3. The normalized spacial score (nSPS) is 35.6. The third kappa shape index (κ3) is 1.80. The van der Waals surface area contributed by atoms with Crippen molar-refractivity contribution in [3.63, 3.8) is 0 Å². The summed E-state index contributed by atoms with van der Waals surface area (Å²) in [6.45, 7) is 1.46. The first-order valence-corrected chi connectivity index (χ1v) is 5.20. The molecule has 2 atom stereocenters. The Bertz CT molecular complexity index is 283. The number of nitro groups is 1. The molecule has 0 bridgehead atoms. The second kappa shape index (κ2) is 3.56. The van der Waals surface area contributed by atoms with Crippen LogP contribution in [-0.4, -0.2) is 22.2 Å². The fourth-order valence-electron chi connectivity index (χ4n) is 1.68. The Kier molecular flexibility index (Phi) is 2.94. The summed E-state index contributed by atoms with van der Waals surface area (Å²) in [6, 6.07) is -1.85. The molecule has 0 saturated heterocycles. The van der Waals surface area contributed by atoms with Crippen molar-refractivity contribution >= 4 is 15.9 Å². The van der Waals surface area contributed by atoms with Gasteiger partial charge in [-0.1, -0.05) is 28.1 Å². The molecule has 0 aromatic carbocycles. The predicted molar refractivity (Wildman–Crippen MR) is 51.4 cm³/mol. The maximum absolute atomic E-state index is 13.3. The lowest BCUT2D eigenvalue weighted by Gasteiger charge is -2.34. The van der Waals surface area contributed by atoms with Crippen molar-refractivity contribution in [1.29, 1.82) is 0 Å². The van der Waals surface area contributed by atoms with Gasteiger partial charge in [0.25, 0.3) is 6.04 Å². The van der Waals surface area contributed by atoms with Crippen molar-refractivity contribution in [2.45, 2.75) is 25.3 Å². The van der Waals surface area contributed by atoms with E-state index in [0.29, 0.717) is 0 Å². The summed E-state index contributed by atoms with van der Waals surface area (Å²) < 4.78 is 26.6. The van der Waals surface area contributed by atoms with E-state index in [1.165, 1.54) is 19.1 Å². The molecule has 1 rings (SSSR count). The lowest BCUT2D eigenvalue weighted by Crippen LogP contribution is -2.52. The van der Waals surface area contributed by atoms with Gasteiger partial charge in [-0.05, 0) is 6.92 Å². The smallest absolute Gasteiger partial charge is 0.264 e. The van der Waals surface area contributed by atoms with Crippen LogP contribution in [0.4, 0.5) is 8.78 Å². The fourth-order valence-corrected chi connectivity index (χ4v) is 2.18. The molecule has 0 radical (unpaired) electrons. The Morgan fingerprint density at radius 3 is 2.64 bits per heavy atom. The Morgan fingerprint density at radius 1 is 1.71 bits per heavy atom. The Morgan fingerprint density at radius 2 is 2.29 bits per heavy atom. The second-order valence-electron chi connectivity index (χ2n) is 3.69. The fraction of sp³-hybridized carbons (Fsp3) is 0.750. The minimum Gasteiger partial charge on any atom is -0.264 e. The second-order valence-corrected chi connectivity index (χ2v) is 4.26. The highest BCUT2D eigenvalue weighted by atomic mass is 79.9. The van der Waals surface area contributed by atoms with Gasteiger partial charge >= 0.3 is 5.92 Å². The maximum Gasteiger partial charge on any atom is 0.317 e. The number of nitrogens with zero attached hydrogens (tertiary/aromatic N) is 1. The molecule has 2 unspecified atom stereocenters. The van der Waals surface area contributed by atoms with E-state index in [4.69, 9.17) is 0 Å². The summed E-state index contributed by atoms with van der Waals surface area (Å²) in [5.41, 5.74) is -1.12. The third-order valence-corrected chi connectivity index (χ3v) is 3.62. The number of alkyl halides is 3. The summed E-state index contributed by atoms with van der Waals surface area (Å²) in [4.78, 5) is 9.73. The van der Waals surface area contributed by atoms with Gasteiger partial charge in [-0.2, -0.15) is 8.78 Å². The molecule has 0 fully saturated rings. The topological polar surface area (TPSA) is 43.1 Å². The molecule has 80 valence electrons. The minimum atomic E-state index is -3.26. The first kappa shape index (κ1) is 11.6. The number of rotatable bonds is 2. The minimum absolute atomic E-state index is 0.151. The van der Waals surface area contributed by atoms with Gasteiger partial charge in [0.05, 0.1) is 5.41 Å². The van der Waals surface area contributed by atoms with Crippen molar-refractivity contribution in [3.8, 4) is 0 Å². The van der Waals surface area contributed by atoms with Crippen LogP contribution < -0.4 is 0 Å². The molecule has 0 aromatic heterocycles. The quantitative estimate of drug-likeness (QED) is 0.335. The third-order valence-electron chi connectivity index (χ3n) is 2.41. The zero-order valence-electron chi connectivity index (χ0n) is 7.54. The molecule has 1 aliphatic carbocycles. The van der Waals surface area contributed by atoms with Crippen LogP contribution >= 0.6 is 15.9 Å². The average Bonchev–Trinajstić information content (AvgIpc) is 2.01. The van der Waals surface area contributed by atoms with Gasteiger partial charge in [-0.15, -0.1) is 0 Å². The van der Waals surface area contributed by atoms with Crippen molar-refractivity contribution in [3.05, 3.63) is 22.3 Å². The lowest BCUT2D eigenvalue weighted by atomic mass is 9.76. The van der Waals surface area contributed by atoms with Crippen LogP contribution in [0.15, 0.2) is 12.2 Å². The summed E-state index contributed by atoms with van der Waals surface area (Å²) in [6.07, 6.45) is 2.25. The van der Waals surface area contributed by atoms with Crippen LogP contribution in [-0.2, 0) is 0 Å². The van der Waals surface area contributed by atoms with Crippen LogP contribution in [0.3, 0.4) is 0 Å². The summed E-state index contributed by atoms with van der Waals surface area (Å²) in [5, 5.41) is 10.8. The highest BCUT2D eigenvalue weighted by Crippen LogP contribution is 2.43. The predicted octanol–water partition coefficient (Wildman–Crippen LogP) is 2.63. The zero-order chi connectivity index (χ0) is 11.0. The molecular weight excluding hydrogens is 260 g/mol. The van der Waals surface area contributed by atoms with Gasteiger partial charge in [0.2, 0.25) is 0 Å². The van der Waals surface area contributed by atoms with Crippen LogP contribution in [0.5, 0.6) is 0 Å². The van der Waals surface area contributed by atoms with Gasteiger partial charge in [-0.25, -0.2) is 0 Å². The molecule has 0 N–H and O–H groups in total. The van der Waals surface area contributed by atoms with Crippen LogP contribution in [0.25, 0.3) is 0 Å². The number of hydrogen-bond acceptors (Lipinski definition) is 2. The van der Waals surface area contributed by atoms with Gasteiger partial charge in [0.15, 0.2) is 0 Å². The van der Waals surface area contributed by atoms with Crippen molar-refractivity contribution < 1.29 is 13.7 Å². The van der Waals surface area contributed by atoms with E-state index in [1.807, 2.05) is 0 Å². The van der Waals surface area contributed by atoms with E-state index >= 15 is 0 Å². The van der Waals surface area contributed by atoms with Crippen molar-refractivity contribution in [2.75, 3.05) is 5.33 Å². The summed E-state index contributed by atoms with van der Waals surface area (Å²) >= 11 is 3.04. The molecule has 14 heavy (non-hydrogen) atoms. The molecule has 1 aliphatic rings. The van der Waals surface area contributed by atoms with Crippen molar-refractivity contribution in [2.24, 2.45) is 5.41 Å². The van der Waals surface area contributed by atoms with E-state index in [-0.39, 0.29) is 5.33 Å². The highest BCUT2D eigenvalue weighted by Gasteiger charge is 2.59. The molecule has 0 amide bonds. The zero-order valence-corrected chi connectivity index (χ0v) is 9.13. The standard InChI is InChI=1S/C8H10BrF2NO2/c1-7(5-9)3-2-4-8(10,11)6(7)12(13)14/h2-3,6H,4-5H2,1H3. The lowest BCUT2D eigenvalue weighted by molar-refractivity contribution is -0.566. The number of halogens is 3. The van der Waals surface area contributed by atoms with Gasteiger partial charge in [0.1, 0.15) is 0 Å². The Labute approximate surface area is 88.5 Å². The van der Waals surface area contributed by atoms with Crippen LogP contribution in [0.2, 0.25) is 0 Å². The largest absolute Gasteiger partial charge is 0.317 e. The first-order chi connectivity index (χ1) is 6.33. The van der Waals surface area contributed by atoms with Crippen molar-refractivity contribution in [1.82, 2.24) is 0 Å². The van der Waals surface area contributed by atoms with Gasteiger partial charge in [0, 0.05) is 16.7 Å². The Hall–Kier alpha value is -0.520. The van der Waals surface area contributed by atoms with E-state index in [9.17, 15) is 18.9 Å². The number of hydrogen-bond donors (Lipinski definition) is 0. The SMILES string of the molecule is CC1(CBr)C=CCC(F)(F)C1[N+](=O)[O-]. The van der Waals surface area contributed by atoms with E-state index < -0.39 is 28.7 Å². The highest BCUT2D eigenvalue weighted by molar-refractivity contribution is 9.09. The van der Waals surface area contributed by atoms with Crippen LogP contribution in [0.1, 0.15) is 13.3 Å². The molecule has 3 nitrogen and oxygen atoms in total. The molecule has 0 heterocycles. The summed E-state index contributed by atoms with van der Waals surface area (Å²) in [7, 11) is 0. The molecular formula is C8H10BrF2NO2. The molecule has 0 saturated carbocycles. The molecule has 0 aliphatic heterocycles. The Balaban J connectivity index is 3.13. The van der Waals surface area contributed by atoms with E-state index in [1.54, 1.807) is 0 Å². The number of allylic oxidation sites excluding steroid dienone is 1. The van der Waals surface area contributed by atoms with Gasteiger partial charge < -0.3 is 0 Å². The molecule has 0 spiro atoms.